The predicted molar refractivity (Wildman–Crippen MR) is 128 cm³/mol. The summed E-state index contributed by atoms with van der Waals surface area (Å²) in [5, 5.41) is 8.16. The number of nitrogen functional groups attached to an aromatic ring is 2. The van der Waals surface area contributed by atoms with Crippen molar-refractivity contribution in [2.45, 2.75) is 38.5 Å². The van der Waals surface area contributed by atoms with E-state index >= 15 is 0 Å². The summed E-state index contributed by atoms with van der Waals surface area (Å²) in [4.78, 5) is 28.6. The molecule has 0 aliphatic rings. The van der Waals surface area contributed by atoms with Crippen LogP contribution in [0.25, 0.3) is 11.3 Å². The topological polar surface area (TPSA) is 123 Å². The quantitative estimate of drug-likeness (QED) is 0.265. The number of unbranched alkanes of at least 4 members (excludes halogenated alkanes) is 3. The van der Waals surface area contributed by atoms with Crippen LogP contribution in [0.5, 0.6) is 0 Å². The van der Waals surface area contributed by atoms with Gasteiger partial charge in [0.25, 0.3) is 0 Å². The Morgan fingerprint density at radius 1 is 0.871 bits per heavy atom. The zero-order valence-electron chi connectivity index (χ0n) is 17.3. The Balaban J connectivity index is 1.30. The molecule has 3 aromatic rings. The number of para-hydroxylation sites is 2. The molecule has 31 heavy (non-hydrogen) atoms. The third kappa shape index (κ3) is 7.11. The first-order chi connectivity index (χ1) is 15.0. The molecule has 1 heterocycles. The lowest BCUT2D eigenvalue weighted by Gasteiger charge is -2.07. The molecule has 0 unspecified atom stereocenters. The Labute approximate surface area is 185 Å². The van der Waals surface area contributed by atoms with Crippen LogP contribution in [0.3, 0.4) is 0 Å². The standard InChI is InChI=1S/C23H27N5O2S/c24-17-9-7-8-16(14-17)20-15-31-23(27-20)28-22(30)13-4-2-1-3-12-21(29)26-19-11-6-5-10-18(19)25/h5-11,14-15H,1-4,12-13,24-25H2,(H,26,29)(H,27,28,30). The second kappa shape index (κ2) is 11.1. The van der Waals surface area contributed by atoms with E-state index in [0.29, 0.717) is 35.0 Å². The van der Waals surface area contributed by atoms with Gasteiger partial charge in [-0.2, -0.15) is 0 Å². The molecule has 0 spiro atoms. The van der Waals surface area contributed by atoms with Gasteiger partial charge in [-0.1, -0.05) is 37.1 Å². The normalized spacial score (nSPS) is 10.6. The highest BCUT2D eigenvalue weighted by atomic mass is 32.1. The number of nitrogens with one attached hydrogen (secondary N) is 2. The second-order valence-electron chi connectivity index (χ2n) is 7.26. The number of rotatable bonds is 10. The van der Waals surface area contributed by atoms with Crippen molar-refractivity contribution in [2.75, 3.05) is 22.1 Å². The molecule has 1 aromatic heterocycles. The SMILES string of the molecule is Nc1cccc(-c2csc(NC(=O)CCCCCCC(=O)Nc3ccccc3N)n2)c1. The zero-order valence-corrected chi connectivity index (χ0v) is 18.1. The maximum atomic E-state index is 12.1. The summed E-state index contributed by atoms with van der Waals surface area (Å²) in [7, 11) is 0. The van der Waals surface area contributed by atoms with Gasteiger partial charge in [0.05, 0.1) is 17.1 Å². The summed E-state index contributed by atoms with van der Waals surface area (Å²) in [6.07, 6.45) is 4.19. The van der Waals surface area contributed by atoms with E-state index in [4.69, 9.17) is 11.5 Å². The van der Waals surface area contributed by atoms with Crippen LogP contribution < -0.4 is 22.1 Å². The first-order valence-corrected chi connectivity index (χ1v) is 11.1. The number of carbonyl (C=O) groups is 2. The molecule has 0 fully saturated rings. The predicted octanol–water partition coefficient (Wildman–Crippen LogP) is 4.89. The molecule has 162 valence electrons. The fourth-order valence-electron chi connectivity index (χ4n) is 3.09. The lowest BCUT2D eigenvalue weighted by Crippen LogP contribution is -2.12. The van der Waals surface area contributed by atoms with E-state index in [1.807, 2.05) is 41.8 Å². The first-order valence-electron chi connectivity index (χ1n) is 10.3. The first kappa shape index (κ1) is 22.3. The number of thiazole rings is 1. The number of amides is 2. The van der Waals surface area contributed by atoms with Gasteiger partial charge in [0, 0.05) is 29.5 Å². The maximum Gasteiger partial charge on any atom is 0.226 e. The highest BCUT2D eigenvalue weighted by Gasteiger charge is 2.09. The molecule has 8 heteroatoms. The van der Waals surface area contributed by atoms with E-state index < -0.39 is 0 Å². The summed E-state index contributed by atoms with van der Waals surface area (Å²) in [5.41, 5.74) is 15.2. The number of anilines is 4. The number of benzene rings is 2. The lowest BCUT2D eigenvalue weighted by atomic mass is 10.1. The van der Waals surface area contributed by atoms with Crippen LogP contribution in [0, 0.1) is 0 Å². The highest BCUT2D eigenvalue weighted by Crippen LogP contribution is 2.26. The Hall–Kier alpha value is -3.39. The van der Waals surface area contributed by atoms with Crippen molar-refractivity contribution < 1.29 is 9.59 Å². The fourth-order valence-corrected chi connectivity index (χ4v) is 3.83. The molecule has 3 rings (SSSR count). The molecular weight excluding hydrogens is 410 g/mol. The zero-order chi connectivity index (χ0) is 22.1. The van der Waals surface area contributed by atoms with Crippen molar-refractivity contribution >= 4 is 45.3 Å². The minimum atomic E-state index is -0.0502. The van der Waals surface area contributed by atoms with Gasteiger partial charge >= 0.3 is 0 Å². The Morgan fingerprint density at radius 2 is 1.58 bits per heavy atom. The van der Waals surface area contributed by atoms with Gasteiger partial charge in [0.15, 0.2) is 5.13 Å². The number of nitrogens with two attached hydrogens (primary N) is 2. The van der Waals surface area contributed by atoms with Gasteiger partial charge < -0.3 is 22.1 Å². The molecule has 0 saturated carbocycles. The van der Waals surface area contributed by atoms with Crippen LogP contribution in [-0.4, -0.2) is 16.8 Å². The molecule has 0 atom stereocenters. The smallest absolute Gasteiger partial charge is 0.226 e. The van der Waals surface area contributed by atoms with E-state index in [2.05, 4.69) is 15.6 Å². The summed E-state index contributed by atoms with van der Waals surface area (Å²) < 4.78 is 0. The Bertz CT molecular complexity index is 1030. The maximum absolute atomic E-state index is 12.1. The van der Waals surface area contributed by atoms with E-state index in [9.17, 15) is 9.59 Å². The summed E-state index contributed by atoms with van der Waals surface area (Å²) in [6, 6.07) is 14.7. The Morgan fingerprint density at radius 3 is 2.29 bits per heavy atom. The fraction of sp³-hybridized carbons (Fsp3) is 0.261. The van der Waals surface area contributed by atoms with Crippen LogP contribution in [0.1, 0.15) is 38.5 Å². The number of hydrogen-bond donors (Lipinski definition) is 4. The summed E-state index contributed by atoms with van der Waals surface area (Å²) in [5.74, 6) is -0.0961. The largest absolute Gasteiger partial charge is 0.399 e. The molecule has 2 amide bonds. The monoisotopic (exact) mass is 437 g/mol. The third-order valence-electron chi connectivity index (χ3n) is 4.73. The molecule has 7 nitrogen and oxygen atoms in total. The van der Waals surface area contributed by atoms with Gasteiger partial charge in [-0.15, -0.1) is 11.3 Å². The average molecular weight is 438 g/mol. The number of nitrogens with zero attached hydrogens (tertiary/aromatic N) is 1. The average Bonchev–Trinajstić information content (AvgIpc) is 3.21. The van der Waals surface area contributed by atoms with Crippen LogP contribution in [0.2, 0.25) is 0 Å². The van der Waals surface area contributed by atoms with Gasteiger partial charge in [-0.3, -0.25) is 9.59 Å². The van der Waals surface area contributed by atoms with Crippen molar-refractivity contribution in [3.05, 3.63) is 53.9 Å². The summed E-state index contributed by atoms with van der Waals surface area (Å²) in [6.45, 7) is 0. The van der Waals surface area contributed by atoms with E-state index in [0.717, 1.165) is 36.9 Å². The van der Waals surface area contributed by atoms with Crippen molar-refractivity contribution in [3.63, 3.8) is 0 Å². The van der Waals surface area contributed by atoms with Crippen LogP contribution in [0.4, 0.5) is 22.2 Å². The minimum Gasteiger partial charge on any atom is -0.399 e. The van der Waals surface area contributed by atoms with Gasteiger partial charge in [-0.05, 0) is 37.1 Å². The number of hydrogen-bond acceptors (Lipinski definition) is 6. The van der Waals surface area contributed by atoms with Crippen molar-refractivity contribution in [2.24, 2.45) is 0 Å². The molecule has 0 bridgehead atoms. The van der Waals surface area contributed by atoms with Gasteiger partial charge in [0.2, 0.25) is 11.8 Å². The Kier molecular flexibility index (Phi) is 8.00. The summed E-state index contributed by atoms with van der Waals surface area (Å²) >= 11 is 1.39. The second-order valence-corrected chi connectivity index (χ2v) is 8.12. The van der Waals surface area contributed by atoms with Gasteiger partial charge in [0.1, 0.15) is 0 Å². The van der Waals surface area contributed by atoms with Gasteiger partial charge in [-0.25, -0.2) is 4.98 Å². The van der Waals surface area contributed by atoms with E-state index in [1.54, 1.807) is 12.1 Å². The molecular formula is C23H27N5O2S. The van der Waals surface area contributed by atoms with E-state index in [1.165, 1.54) is 11.3 Å². The minimum absolute atomic E-state index is 0.0459. The van der Waals surface area contributed by atoms with E-state index in [-0.39, 0.29) is 11.8 Å². The number of aromatic nitrogens is 1. The molecule has 6 N–H and O–H groups in total. The molecule has 0 radical (unpaired) electrons. The van der Waals surface area contributed by atoms with Crippen LogP contribution in [-0.2, 0) is 9.59 Å². The lowest BCUT2D eigenvalue weighted by molar-refractivity contribution is -0.117. The third-order valence-corrected chi connectivity index (χ3v) is 5.48. The molecule has 0 saturated heterocycles. The van der Waals surface area contributed by atoms with Crippen LogP contribution in [0.15, 0.2) is 53.9 Å². The van der Waals surface area contributed by atoms with Crippen molar-refractivity contribution in [1.29, 1.82) is 0 Å². The van der Waals surface area contributed by atoms with Crippen molar-refractivity contribution in [1.82, 2.24) is 4.98 Å². The highest BCUT2D eigenvalue weighted by molar-refractivity contribution is 7.14. The molecule has 0 aliphatic carbocycles. The molecule has 2 aromatic carbocycles. The number of carbonyl (C=O) groups excluding carboxylic acids is 2. The van der Waals surface area contributed by atoms with Crippen LogP contribution >= 0.6 is 11.3 Å². The molecule has 0 aliphatic heterocycles. The van der Waals surface area contributed by atoms with Crippen molar-refractivity contribution in [3.8, 4) is 11.3 Å².